The molecule has 0 atom stereocenters. The zero-order valence-corrected chi connectivity index (χ0v) is 9.74. The molecule has 0 saturated heterocycles. The van der Waals surface area contributed by atoms with Gasteiger partial charge in [-0.25, -0.2) is 0 Å². The summed E-state index contributed by atoms with van der Waals surface area (Å²) in [5.74, 6) is -1.35. The maximum absolute atomic E-state index is 11.0. The van der Waals surface area contributed by atoms with Crippen LogP contribution in [0.15, 0.2) is 0 Å². The molecule has 6 nitrogen and oxygen atoms in total. The van der Waals surface area contributed by atoms with Crippen molar-refractivity contribution in [1.82, 2.24) is 5.32 Å². The predicted octanol–water partition coefficient (Wildman–Crippen LogP) is -0.135. The molecule has 0 bridgehead atoms. The minimum Gasteiger partial charge on any atom is -0.469 e. The first-order chi connectivity index (χ1) is 7.49. The van der Waals surface area contributed by atoms with Crippen LogP contribution in [-0.4, -0.2) is 38.6 Å². The molecule has 16 heavy (non-hydrogen) atoms. The fourth-order valence-corrected chi connectivity index (χ4v) is 1.14. The van der Waals surface area contributed by atoms with Crippen LogP contribution in [0.3, 0.4) is 0 Å². The first-order valence-corrected chi connectivity index (χ1v) is 4.87. The normalized spacial score (nSPS) is 9.75. The summed E-state index contributed by atoms with van der Waals surface area (Å²) in [6.45, 7) is 1.62. The molecule has 0 aromatic carbocycles. The van der Waals surface area contributed by atoms with Crippen LogP contribution in [0.25, 0.3) is 0 Å². The van der Waals surface area contributed by atoms with Crippen LogP contribution in [0.5, 0.6) is 0 Å². The Hall–Kier alpha value is -1.59. The van der Waals surface area contributed by atoms with E-state index in [1.54, 1.807) is 0 Å². The Morgan fingerprint density at radius 3 is 1.81 bits per heavy atom. The molecule has 0 heterocycles. The highest BCUT2D eigenvalue weighted by atomic mass is 16.5. The number of carbonyl (C=O) groups is 3. The van der Waals surface area contributed by atoms with Gasteiger partial charge in [0.1, 0.15) is 0 Å². The lowest BCUT2D eigenvalue weighted by molar-refractivity contribution is -0.144. The number of hydrogen-bond acceptors (Lipinski definition) is 5. The monoisotopic (exact) mass is 231 g/mol. The zero-order chi connectivity index (χ0) is 12.6. The minimum absolute atomic E-state index is 0.0753. The molecule has 0 radical (unpaired) electrons. The van der Waals surface area contributed by atoms with Crippen molar-refractivity contribution >= 4 is 17.8 Å². The van der Waals surface area contributed by atoms with Crippen molar-refractivity contribution in [3.8, 4) is 0 Å². The van der Waals surface area contributed by atoms with E-state index >= 15 is 0 Å². The third kappa shape index (κ3) is 6.80. The molecule has 6 heteroatoms. The SMILES string of the molecule is COC(=O)CC(CNC(C)=O)CC(=O)OC. The predicted molar refractivity (Wildman–Crippen MR) is 55.4 cm³/mol. The number of rotatable bonds is 6. The van der Waals surface area contributed by atoms with Crippen molar-refractivity contribution in [2.45, 2.75) is 19.8 Å². The zero-order valence-electron chi connectivity index (χ0n) is 9.74. The van der Waals surface area contributed by atoms with E-state index in [9.17, 15) is 14.4 Å². The molecule has 1 amide bonds. The largest absolute Gasteiger partial charge is 0.469 e. The molecule has 0 aliphatic heterocycles. The third-order valence-electron chi connectivity index (χ3n) is 2.01. The fraction of sp³-hybridized carbons (Fsp3) is 0.700. The number of methoxy groups -OCH3 is 2. The fourth-order valence-electron chi connectivity index (χ4n) is 1.14. The Morgan fingerprint density at radius 1 is 1.06 bits per heavy atom. The smallest absolute Gasteiger partial charge is 0.305 e. The molecular formula is C10H17NO5. The van der Waals surface area contributed by atoms with Crippen LogP contribution in [0.4, 0.5) is 0 Å². The second kappa shape index (κ2) is 7.67. The number of amides is 1. The molecule has 1 N–H and O–H groups in total. The van der Waals surface area contributed by atoms with Crippen LogP contribution in [0.2, 0.25) is 0 Å². The van der Waals surface area contributed by atoms with Crippen molar-refractivity contribution in [3.05, 3.63) is 0 Å². The number of ether oxygens (including phenoxy) is 2. The summed E-state index contributed by atoms with van der Waals surface area (Å²) in [4.78, 5) is 32.8. The van der Waals surface area contributed by atoms with Crippen molar-refractivity contribution in [3.63, 3.8) is 0 Å². The number of carbonyl (C=O) groups excluding carboxylic acids is 3. The summed E-state index contributed by atoms with van der Waals surface area (Å²) in [7, 11) is 2.55. The maximum Gasteiger partial charge on any atom is 0.305 e. The molecule has 0 spiro atoms. The third-order valence-corrected chi connectivity index (χ3v) is 2.01. The Bertz CT molecular complexity index is 246. The highest BCUT2D eigenvalue weighted by Gasteiger charge is 2.18. The van der Waals surface area contributed by atoms with E-state index in [1.165, 1.54) is 21.1 Å². The van der Waals surface area contributed by atoms with E-state index in [1.807, 2.05) is 0 Å². The van der Waals surface area contributed by atoms with Gasteiger partial charge < -0.3 is 14.8 Å². The van der Waals surface area contributed by atoms with Crippen molar-refractivity contribution < 1.29 is 23.9 Å². The Kier molecular flexibility index (Phi) is 6.91. The van der Waals surface area contributed by atoms with E-state index in [-0.39, 0.29) is 31.2 Å². The lowest BCUT2D eigenvalue weighted by atomic mass is 10.0. The van der Waals surface area contributed by atoms with Gasteiger partial charge in [0.25, 0.3) is 0 Å². The van der Waals surface area contributed by atoms with Gasteiger partial charge in [0.15, 0.2) is 0 Å². The first kappa shape index (κ1) is 14.4. The van der Waals surface area contributed by atoms with Crippen LogP contribution >= 0.6 is 0 Å². The molecule has 0 unspecified atom stereocenters. The second-order valence-electron chi connectivity index (χ2n) is 3.36. The summed E-state index contributed by atoms with van der Waals surface area (Å²) in [6, 6.07) is 0. The molecule has 0 rings (SSSR count). The topological polar surface area (TPSA) is 81.7 Å². The summed E-state index contributed by atoms with van der Waals surface area (Å²) in [5, 5.41) is 2.55. The number of esters is 2. The molecule has 0 aliphatic carbocycles. The lowest BCUT2D eigenvalue weighted by Gasteiger charge is -2.14. The van der Waals surface area contributed by atoms with E-state index in [0.717, 1.165) is 0 Å². The van der Waals surface area contributed by atoms with Gasteiger partial charge >= 0.3 is 11.9 Å². The molecule has 0 aliphatic rings. The number of hydrogen-bond donors (Lipinski definition) is 1. The molecule has 92 valence electrons. The van der Waals surface area contributed by atoms with Crippen molar-refractivity contribution in [2.75, 3.05) is 20.8 Å². The standard InChI is InChI=1S/C10H17NO5/c1-7(12)11-6-8(4-9(13)15-2)5-10(14)16-3/h8H,4-6H2,1-3H3,(H,11,12). The Balaban J connectivity index is 4.20. The van der Waals surface area contributed by atoms with Gasteiger partial charge in [0.05, 0.1) is 27.1 Å². The summed E-state index contributed by atoms with van der Waals surface area (Å²) >= 11 is 0. The molecule has 0 aromatic heterocycles. The van der Waals surface area contributed by atoms with E-state index in [4.69, 9.17) is 0 Å². The Morgan fingerprint density at radius 2 is 1.50 bits per heavy atom. The van der Waals surface area contributed by atoms with Gasteiger partial charge in [0.2, 0.25) is 5.91 Å². The van der Waals surface area contributed by atoms with E-state index in [2.05, 4.69) is 14.8 Å². The van der Waals surface area contributed by atoms with E-state index in [0.29, 0.717) is 0 Å². The molecule has 0 saturated carbocycles. The average Bonchev–Trinajstić information content (AvgIpc) is 2.25. The average molecular weight is 231 g/mol. The molecular weight excluding hydrogens is 214 g/mol. The van der Waals surface area contributed by atoms with Crippen molar-refractivity contribution in [2.24, 2.45) is 5.92 Å². The highest BCUT2D eigenvalue weighted by Crippen LogP contribution is 2.09. The summed E-state index contributed by atoms with van der Waals surface area (Å²) in [6.07, 6.45) is 0.151. The lowest BCUT2D eigenvalue weighted by Crippen LogP contribution is -2.30. The number of nitrogens with one attached hydrogen (secondary N) is 1. The van der Waals surface area contributed by atoms with Crippen LogP contribution in [0, 0.1) is 5.92 Å². The molecule has 0 fully saturated rings. The summed E-state index contributed by atoms with van der Waals surface area (Å²) < 4.78 is 9.00. The maximum atomic E-state index is 11.0. The van der Waals surface area contributed by atoms with Gasteiger partial charge in [-0.15, -0.1) is 0 Å². The van der Waals surface area contributed by atoms with Gasteiger partial charge in [-0.05, 0) is 5.92 Å². The van der Waals surface area contributed by atoms with Crippen molar-refractivity contribution in [1.29, 1.82) is 0 Å². The minimum atomic E-state index is -0.417. The highest BCUT2D eigenvalue weighted by molar-refractivity contribution is 5.74. The van der Waals surface area contributed by atoms with E-state index < -0.39 is 11.9 Å². The van der Waals surface area contributed by atoms with Crippen LogP contribution in [-0.2, 0) is 23.9 Å². The second-order valence-corrected chi connectivity index (χ2v) is 3.36. The Labute approximate surface area is 94.3 Å². The van der Waals surface area contributed by atoms with Crippen LogP contribution < -0.4 is 5.32 Å². The van der Waals surface area contributed by atoms with Gasteiger partial charge in [-0.3, -0.25) is 14.4 Å². The van der Waals surface area contributed by atoms with Gasteiger partial charge in [-0.2, -0.15) is 0 Å². The van der Waals surface area contributed by atoms with Gasteiger partial charge in [-0.1, -0.05) is 0 Å². The summed E-state index contributed by atoms with van der Waals surface area (Å²) in [5.41, 5.74) is 0. The first-order valence-electron chi connectivity index (χ1n) is 4.87. The van der Waals surface area contributed by atoms with Crippen LogP contribution in [0.1, 0.15) is 19.8 Å². The molecule has 0 aromatic rings. The van der Waals surface area contributed by atoms with Gasteiger partial charge in [0, 0.05) is 13.5 Å². The quantitative estimate of drug-likeness (QED) is 0.644.